The maximum absolute atomic E-state index is 13.0. The summed E-state index contributed by atoms with van der Waals surface area (Å²) < 4.78 is 0. The molecular weight excluding hydrogens is 364 g/mol. The predicted octanol–water partition coefficient (Wildman–Crippen LogP) is 3.35. The molecule has 0 unspecified atom stereocenters. The van der Waals surface area contributed by atoms with Gasteiger partial charge in [-0.15, -0.1) is 0 Å². The molecule has 0 bridgehead atoms. The predicted molar refractivity (Wildman–Crippen MR) is 116 cm³/mol. The van der Waals surface area contributed by atoms with Crippen molar-refractivity contribution < 1.29 is 9.59 Å². The first kappa shape index (κ1) is 20.9. The van der Waals surface area contributed by atoms with Gasteiger partial charge < -0.3 is 20.4 Å². The minimum atomic E-state index is -0.196. The number of piperidine rings is 1. The minimum absolute atomic E-state index is 0.0120. The summed E-state index contributed by atoms with van der Waals surface area (Å²) in [5, 5.41) is 6.12. The molecule has 3 amide bonds. The Morgan fingerprint density at radius 3 is 2.38 bits per heavy atom. The lowest BCUT2D eigenvalue weighted by Crippen LogP contribution is -2.48. The highest BCUT2D eigenvalue weighted by molar-refractivity contribution is 5.90. The van der Waals surface area contributed by atoms with Crippen molar-refractivity contribution in [2.45, 2.75) is 18.9 Å². The van der Waals surface area contributed by atoms with E-state index in [1.807, 2.05) is 74.8 Å². The summed E-state index contributed by atoms with van der Waals surface area (Å²) in [5.41, 5.74) is 1.85. The number of carbonyl (C=O) groups is 2. The average Bonchev–Trinajstić information content (AvgIpc) is 2.74. The molecule has 1 heterocycles. The van der Waals surface area contributed by atoms with Gasteiger partial charge in [0.05, 0.1) is 12.0 Å². The zero-order valence-corrected chi connectivity index (χ0v) is 17.2. The lowest BCUT2D eigenvalue weighted by atomic mass is 9.96. The van der Waals surface area contributed by atoms with E-state index < -0.39 is 0 Å². The van der Waals surface area contributed by atoms with E-state index >= 15 is 0 Å². The number of benzene rings is 2. The van der Waals surface area contributed by atoms with Gasteiger partial charge in [-0.3, -0.25) is 4.79 Å². The quantitative estimate of drug-likeness (QED) is 0.790. The summed E-state index contributed by atoms with van der Waals surface area (Å²) in [6, 6.07) is 19.2. The second kappa shape index (κ2) is 10.1. The van der Waals surface area contributed by atoms with Gasteiger partial charge in [0, 0.05) is 25.3 Å². The Hall–Kier alpha value is -2.86. The first-order chi connectivity index (χ1) is 14.0. The van der Waals surface area contributed by atoms with Crippen LogP contribution in [0.15, 0.2) is 60.7 Å². The number of rotatable bonds is 6. The highest BCUT2D eigenvalue weighted by atomic mass is 16.2. The SMILES string of the molecule is CN(C)C[C@@H](NC(=O)[C@H]1CCCN(C(=O)Nc2ccccc2)C1)c1ccccc1. The molecule has 0 aliphatic carbocycles. The fraction of sp³-hybridized carbons (Fsp3) is 0.391. The Balaban J connectivity index is 1.61. The Kier molecular flexibility index (Phi) is 7.25. The molecule has 2 aromatic rings. The highest BCUT2D eigenvalue weighted by Crippen LogP contribution is 2.20. The molecule has 1 fully saturated rings. The fourth-order valence-electron chi connectivity index (χ4n) is 3.67. The summed E-state index contributed by atoms with van der Waals surface area (Å²) >= 11 is 0. The maximum Gasteiger partial charge on any atom is 0.321 e. The van der Waals surface area contributed by atoms with Crippen LogP contribution in [0.1, 0.15) is 24.4 Å². The molecule has 29 heavy (non-hydrogen) atoms. The van der Waals surface area contributed by atoms with Gasteiger partial charge in [0.25, 0.3) is 0 Å². The van der Waals surface area contributed by atoms with E-state index in [2.05, 4.69) is 15.5 Å². The molecule has 1 aliphatic rings. The van der Waals surface area contributed by atoms with Gasteiger partial charge in [-0.25, -0.2) is 4.79 Å². The van der Waals surface area contributed by atoms with E-state index in [0.29, 0.717) is 13.1 Å². The Morgan fingerprint density at radius 2 is 1.72 bits per heavy atom. The van der Waals surface area contributed by atoms with Gasteiger partial charge in [-0.2, -0.15) is 0 Å². The summed E-state index contributed by atoms with van der Waals surface area (Å²) in [7, 11) is 4.00. The molecule has 6 heteroatoms. The summed E-state index contributed by atoms with van der Waals surface area (Å²) in [6.07, 6.45) is 1.62. The van der Waals surface area contributed by atoms with Gasteiger partial charge in [-0.1, -0.05) is 48.5 Å². The van der Waals surface area contributed by atoms with Crippen LogP contribution < -0.4 is 10.6 Å². The molecule has 0 spiro atoms. The third-order valence-corrected chi connectivity index (χ3v) is 5.17. The standard InChI is InChI=1S/C23H30N4O2/c1-26(2)17-21(18-10-5-3-6-11-18)25-22(28)19-12-9-15-27(16-19)23(29)24-20-13-7-4-8-14-20/h3-8,10-11,13-14,19,21H,9,12,15-17H2,1-2H3,(H,24,29)(H,25,28)/t19-,21+/m0/s1. The number of likely N-dealkylation sites (N-methyl/N-ethyl adjacent to an activating group) is 1. The molecule has 2 N–H and O–H groups in total. The number of carbonyl (C=O) groups excluding carboxylic acids is 2. The normalized spacial score (nSPS) is 17.6. The van der Waals surface area contributed by atoms with Crippen LogP contribution >= 0.6 is 0 Å². The molecule has 6 nitrogen and oxygen atoms in total. The van der Waals surface area contributed by atoms with E-state index in [1.54, 1.807) is 4.90 Å². The van der Waals surface area contributed by atoms with E-state index in [9.17, 15) is 9.59 Å². The number of likely N-dealkylation sites (tertiary alicyclic amines) is 1. The number of nitrogens with zero attached hydrogens (tertiary/aromatic N) is 2. The summed E-state index contributed by atoms with van der Waals surface area (Å²) in [6.45, 7) is 1.83. The molecule has 0 radical (unpaired) electrons. The first-order valence-electron chi connectivity index (χ1n) is 10.1. The van der Waals surface area contributed by atoms with Crippen LogP contribution in [-0.2, 0) is 4.79 Å². The molecule has 154 valence electrons. The monoisotopic (exact) mass is 394 g/mol. The second-order valence-corrected chi connectivity index (χ2v) is 7.82. The van der Waals surface area contributed by atoms with Crippen LogP contribution in [0.2, 0.25) is 0 Å². The van der Waals surface area contributed by atoms with Crippen LogP contribution in [0, 0.1) is 5.92 Å². The molecular formula is C23H30N4O2. The van der Waals surface area contributed by atoms with Gasteiger partial charge in [0.1, 0.15) is 0 Å². The van der Waals surface area contributed by atoms with Crippen molar-refractivity contribution >= 4 is 17.6 Å². The second-order valence-electron chi connectivity index (χ2n) is 7.82. The molecule has 2 atom stereocenters. The first-order valence-corrected chi connectivity index (χ1v) is 10.1. The molecule has 2 aromatic carbocycles. The van der Waals surface area contributed by atoms with Gasteiger partial charge in [0.15, 0.2) is 0 Å². The van der Waals surface area contributed by atoms with E-state index in [0.717, 1.165) is 30.6 Å². The van der Waals surface area contributed by atoms with Gasteiger partial charge in [0.2, 0.25) is 5.91 Å². The molecule has 1 aliphatic heterocycles. The van der Waals surface area contributed by atoms with Crippen molar-refractivity contribution in [2.75, 3.05) is 39.0 Å². The lowest BCUT2D eigenvalue weighted by Gasteiger charge is -2.33. The van der Waals surface area contributed by atoms with Crippen LogP contribution in [-0.4, -0.2) is 55.5 Å². The molecule has 0 aromatic heterocycles. The smallest absolute Gasteiger partial charge is 0.321 e. The number of nitrogens with one attached hydrogen (secondary N) is 2. The highest BCUT2D eigenvalue weighted by Gasteiger charge is 2.30. The third-order valence-electron chi connectivity index (χ3n) is 5.17. The maximum atomic E-state index is 13.0. The number of hydrogen-bond acceptors (Lipinski definition) is 3. The number of urea groups is 1. The third kappa shape index (κ3) is 6.06. The van der Waals surface area contributed by atoms with E-state index in [-0.39, 0.29) is 23.9 Å². The van der Waals surface area contributed by atoms with Gasteiger partial charge >= 0.3 is 6.03 Å². The van der Waals surface area contributed by atoms with E-state index in [1.165, 1.54) is 0 Å². The molecule has 3 rings (SSSR count). The van der Waals surface area contributed by atoms with Crippen molar-refractivity contribution in [2.24, 2.45) is 5.92 Å². The lowest BCUT2D eigenvalue weighted by molar-refractivity contribution is -0.127. The average molecular weight is 395 g/mol. The van der Waals surface area contributed by atoms with Crippen molar-refractivity contribution in [3.63, 3.8) is 0 Å². The van der Waals surface area contributed by atoms with Crippen LogP contribution in [0.3, 0.4) is 0 Å². The number of amides is 3. The Labute approximate surface area is 172 Å². The van der Waals surface area contributed by atoms with Gasteiger partial charge in [-0.05, 0) is 44.6 Å². The van der Waals surface area contributed by atoms with Crippen LogP contribution in [0.25, 0.3) is 0 Å². The van der Waals surface area contributed by atoms with Crippen molar-refractivity contribution in [3.05, 3.63) is 66.2 Å². The van der Waals surface area contributed by atoms with Crippen LogP contribution in [0.4, 0.5) is 10.5 Å². The summed E-state index contributed by atoms with van der Waals surface area (Å²) in [4.78, 5) is 29.4. The topological polar surface area (TPSA) is 64.7 Å². The van der Waals surface area contributed by atoms with Crippen LogP contribution in [0.5, 0.6) is 0 Å². The number of hydrogen-bond donors (Lipinski definition) is 2. The molecule has 1 saturated heterocycles. The largest absolute Gasteiger partial charge is 0.348 e. The Morgan fingerprint density at radius 1 is 1.07 bits per heavy atom. The Bertz CT molecular complexity index is 795. The molecule has 0 saturated carbocycles. The summed E-state index contributed by atoms with van der Waals surface area (Å²) in [5.74, 6) is -0.184. The zero-order chi connectivity index (χ0) is 20.6. The zero-order valence-electron chi connectivity index (χ0n) is 17.2. The van der Waals surface area contributed by atoms with Crippen molar-refractivity contribution in [1.29, 1.82) is 0 Å². The minimum Gasteiger partial charge on any atom is -0.348 e. The number of para-hydroxylation sites is 1. The number of anilines is 1. The fourth-order valence-corrected chi connectivity index (χ4v) is 3.67. The van der Waals surface area contributed by atoms with Crippen molar-refractivity contribution in [1.82, 2.24) is 15.1 Å². The van der Waals surface area contributed by atoms with E-state index in [4.69, 9.17) is 0 Å². The van der Waals surface area contributed by atoms with Crippen molar-refractivity contribution in [3.8, 4) is 0 Å².